The van der Waals surface area contributed by atoms with Gasteiger partial charge in [0.05, 0.1) is 23.4 Å². The van der Waals surface area contributed by atoms with Crippen LogP contribution in [-0.4, -0.2) is 45.7 Å². The van der Waals surface area contributed by atoms with Gasteiger partial charge in [-0.05, 0) is 31.3 Å². The van der Waals surface area contributed by atoms with Crippen LogP contribution in [0, 0.1) is 0 Å². The number of ether oxygens (including phenoxy) is 1. The van der Waals surface area contributed by atoms with Crippen molar-refractivity contribution in [1.29, 1.82) is 0 Å². The fraction of sp³-hybridized carbons (Fsp3) is 0.353. The Morgan fingerprint density at radius 1 is 1.31 bits per heavy atom. The molecule has 0 saturated heterocycles. The van der Waals surface area contributed by atoms with E-state index in [0.717, 1.165) is 4.57 Å². The Hall–Kier alpha value is -2.58. The van der Waals surface area contributed by atoms with Gasteiger partial charge in [0.1, 0.15) is 11.4 Å². The predicted octanol–water partition coefficient (Wildman–Crippen LogP) is 1.73. The van der Waals surface area contributed by atoms with Crippen molar-refractivity contribution in [2.75, 3.05) is 20.2 Å². The molecule has 0 saturated carbocycles. The first-order valence-electron chi connectivity index (χ1n) is 8.01. The molecule has 9 heteroatoms. The SMILES string of the molecule is CCN(CC)Cc1c(C(=O)O)[nH]c(=O)n(-c2ccc(OC)c(Cl)c2)c1=O. The summed E-state index contributed by atoms with van der Waals surface area (Å²) in [6.45, 7) is 5.16. The van der Waals surface area contributed by atoms with Crippen LogP contribution in [0.4, 0.5) is 0 Å². The van der Waals surface area contributed by atoms with Gasteiger partial charge in [0, 0.05) is 6.54 Å². The molecule has 0 aliphatic heterocycles. The number of hydrogen-bond acceptors (Lipinski definition) is 5. The molecule has 1 heterocycles. The Morgan fingerprint density at radius 3 is 2.46 bits per heavy atom. The van der Waals surface area contributed by atoms with Crippen LogP contribution >= 0.6 is 11.6 Å². The van der Waals surface area contributed by atoms with E-state index in [2.05, 4.69) is 4.98 Å². The zero-order chi connectivity index (χ0) is 19.4. The van der Waals surface area contributed by atoms with Crippen LogP contribution in [0.15, 0.2) is 27.8 Å². The molecule has 0 fully saturated rings. The van der Waals surface area contributed by atoms with E-state index in [4.69, 9.17) is 16.3 Å². The van der Waals surface area contributed by atoms with Crippen LogP contribution < -0.4 is 16.0 Å². The molecule has 0 spiro atoms. The molecule has 0 unspecified atom stereocenters. The number of carbonyl (C=O) groups is 1. The van der Waals surface area contributed by atoms with E-state index >= 15 is 0 Å². The number of nitrogens with one attached hydrogen (secondary N) is 1. The van der Waals surface area contributed by atoms with Crippen molar-refractivity contribution in [2.45, 2.75) is 20.4 Å². The van der Waals surface area contributed by atoms with E-state index in [1.165, 1.54) is 25.3 Å². The molecular weight excluding hydrogens is 362 g/mol. The lowest BCUT2D eigenvalue weighted by molar-refractivity contribution is 0.0686. The van der Waals surface area contributed by atoms with E-state index in [1.807, 2.05) is 18.7 Å². The number of carboxylic acid groups (broad SMARTS) is 1. The summed E-state index contributed by atoms with van der Waals surface area (Å²) in [5, 5.41) is 9.60. The van der Waals surface area contributed by atoms with Crippen molar-refractivity contribution in [1.82, 2.24) is 14.5 Å². The van der Waals surface area contributed by atoms with E-state index in [1.54, 1.807) is 0 Å². The summed E-state index contributed by atoms with van der Waals surface area (Å²) in [4.78, 5) is 41.0. The van der Waals surface area contributed by atoms with E-state index in [0.29, 0.717) is 18.8 Å². The molecule has 1 aromatic carbocycles. The third-order valence-electron chi connectivity index (χ3n) is 4.08. The molecule has 140 valence electrons. The first kappa shape index (κ1) is 19.7. The van der Waals surface area contributed by atoms with E-state index < -0.39 is 22.9 Å². The first-order valence-corrected chi connectivity index (χ1v) is 8.39. The second-order valence-electron chi connectivity index (χ2n) is 5.51. The number of aromatic carboxylic acids is 1. The molecule has 2 aromatic rings. The average Bonchev–Trinajstić information content (AvgIpc) is 2.60. The molecule has 0 bridgehead atoms. The van der Waals surface area contributed by atoms with Crippen LogP contribution in [0.25, 0.3) is 5.69 Å². The maximum absolute atomic E-state index is 12.9. The van der Waals surface area contributed by atoms with Crippen molar-refractivity contribution in [3.63, 3.8) is 0 Å². The number of aromatic nitrogens is 2. The highest BCUT2D eigenvalue weighted by Crippen LogP contribution is 2.25. The summed E-state index contributed by atoms with van der Waals surface area (Å²) >= 11 is 6.08. The molecule has 2 rings (SSSR count). The summed E-state index contributed by atoms with van der Waals surface area (Å²) < 4.78 is 5.93. The largest absolute Gasteiger partial charge is 0.495 e. The molecular formula is C17H20ClN3O5. The number of methoxy groups -OCH3 is 1. The van der Waals surface area contributed by atoms with Gasteiger partial charge < -0.3 is 14.8 Å². The Labute approximate surface area is 154 Å². The fourth-order valence-electron chi connectivity index (χ4n) is 2.60. The molecule has 1 aromatic heterocycles. The molecule has 0 radical (unpaired) electrons. The molecule has 0 atom stereocenters. The van der Waals surface area contributed by atoms with Crippen LogP contribution in [0.5, 0.6) is 5.75 Å². The first-order chi connectivity index (χ1) is 12.3. The maximum Gasteiger partial charge on any atom is 0.352 e. The quantitative estimate of drug-likeness (QED) is 0.756. The molecule has 0 amide bonds. The van der Waals surface area contributed by atoms with Crippen molar-refractivity contribution in [3.8, 4) is 11.4 Å². The lowest BCUT2D eigenvalue weighted by Crippen LogP contribution is -2.40. The second-order valence-corrected chi connectivity index (χ2v) is 5.92. The lowest BCUT2D eigenvalue weighted by atomic mass is 10.2. The summed E-state index contributed by atoms with van der Waals surface area (Å²) in [7, 11) is 1.45. The van der Waals surface area contributed by atoms with E-state index in [-0.39, 0.29) is 22.8 Å². The zero-order valence-corrected chi connectivity index (χ0v) is 15.5. The fourth-order valence-corrected chi connectivity index (χ4v) is 2.85. The third-order valence-corrected chi connectivity index (χ3v) is 4.38. The molecule has 0 aliphatic rings. The minimum Gasteiger partial charge on any atom is -0.495 e. The number of H-pyrrole nitrogens is 1. The van der Waals surface area contributed by atoms with Crippen LogP contribution in [0.2, 0.25) is 5.02 Å². The van der Waals surface area contributed by atoms with Gasteiger partial charge in [0.2, 0.25) is 0 Å². The van der Waals surface area contributed by atoms with Crippen LogP contribution in [0.3, 0.4) is 0 Å². The number of benzene rings is 1. The van der Waals surface area contributed by atoms with Gasteiger partial charge in [-0.1, -0.05) is 25.4 Å². The van der Waals surface area contributed by atoms with E-state index in [9.17, 15) is 19.5 Å². The van der Waals surface area contributed by atoms with Gasteiger partial charge in [0.25, 0.3) is 5.56 Å². The lowest BCUT2D eigenvalue weighted by Gasteiger charge is -2.19. The summed E-state index contributed by atoms with van der Waals surface area (Å²) in [5.41, 5.74) is -1.72. The summed E-state index contributed by atoms with van der Waals surface area (Å²) in [6.07, 6.45) is 0. The summed E-state index contributed by atoms with van der Waals surface area (Å²) in [5.74, 6) is -0.966. The highest BCUT2D eigenvalue weighted by molar-refractivity contribution is 6.32. The van der Waals surface area contributed by atoms with Gasteiger partial charge in [0.15, 0.2) is 0 Å². The van der Waals surface area contributed by atoms with Gasteiger partial charge in [-0.2, -0.15) is 0 Å². The monoisotopic (exact) mass is 381 g/mol. The van der Waals surface area contributed by atoms with Gasteiger partial charge in [-0.25, -0.2) is 14.2 Å². The number of rotatable bonds is 7. The highest BCUT2D eigenvalue weighted by atomic mass is 35.5. The smallest absolute Gasteiger partial charge is 0.352 e. The number of nitrogens with zero attached hydrogens (tertiary/aromatic N) is 2. The topological polar surface area (TPSA) is 105 Å². The number of hydrogen-bond donors (Lipinski definition) is 2. The standard InChI is InChI=1S/C17H20ClN3O5/c1-4-20(5-2)9-11-14(16(23)24)19-17(25)21(15(11)22)10-6-7-13(26-3)12(18)8-10/h6-8H,4-5,9H2,1-3H3,(H,19,25)(H,23,24). The number of carboxylic acids is 1. The van der Waals surface area contributed by atoms with Gasteiger partial charge in [-0.3, -0.25) is 9.69 Å². The maximum atomic E-state index is 12.9. The minimum absolute atomic E-state index is 0.00717. The molecule has 0 aliphatic carbocycles. The van der Waals surface area contributed by atoms with Crippen LogP contribution in [0.1, 0.15) is 29.9 Å². The van der Waals surface area contributed by atoms with Gasteiger partial charge in [-0.15, -0.1) is 0 Å². The minimum atomic E-state index is -1.36. The number of aromatic amines is 1. The predicted molar refractivity (Wildman–Crippen MR) is 97.8 cm³/mol. The normalized spacial score (nSPS) is 11.0. The number of halogens is 1. The van der Waals surface area contributed by atoms with Crippen molar-refractivity contribution >= 4 is 17.6 Å². The third kappa shape index (κ3) is 3.81. The van der Waals surface area contributed by atoms with Gasteiger partial charge >= 0.3 is 11.7 Å². The van der Waals surface area contributed by atoms with Crippen molar-refractivity contribution in [2.24, 2.45) is 0 Å². The van der Waals surface area contributed by atoms with Crippen molar-refractivity contribution in [3.05, 3.63) is 55.3 Å². The Bertz CT molecular complexity index is 931. The molecule has 2 N–H and O–H groups in total. The Kier molecular flexibility index (Phi) is 6.23. The molecule has 26 heavy (non-hydrogen) atoms. The summed E-state index contributed by atoms with van der Waals surface area (Å²) in [6, 6.07) is 4.44. The molecule has 8 nitrogen and oxygen atoms in total. The highest BCUT2D eigenvalue weighted by Gasteiger charge is 2.21. The van der Waals surface area contributed by atoms with Crippen LogP contribution in [-0.2, 0) is 6.54 Å². The Balaban J connectivity index is 2.72. The van der Waals surface area contributed by atoms with Crippen molar-refractivity contribution < 1.29 is 14.6 Å². The zero-order valence-electron chi connectivity index (χ0n) is 14.7. The Morgan fingerprint density at radius 2 is 1.96 bits per heavy atom. The average molecular weight is 382 g/mol. The second kappa shape index (κ2) is 8.20.